The van der Waals surface area contributed by atoms with Crippen LogP contribution >= 0.6 is 15.9 Å². The topological polar surface area (TPSA) is 26.3 Å². The molecule has 18 heavy (non-hydrogen) atoms. The van der Waals surface area contributed by atoms with Gasteiger partial charge in [-0.05, 0) is 11.6 Å². The van der Waals surface area contributed by atoms with Gasteiger partial charge in [-0.15, -0.1) is 0 Å². The van der Waals surface area contributed by atoms with Crippen LogP contribution in [0.25, 0.3) is 0 Å². The Morgan fingerprint density at radius 1 is 1.00 bits per heavy atom. The van der Waals surface area contributed by atoms with Gasteiger partial charge in [-0.3, -0.25) is 0 Å². The van der Waals surface area contributed by atoms with Crippen LogP contribution in [0.3, 0.4) is 0 Å². The molecule has 1 aliphatic heterocycles. The number of esters is 1. The summed E-state index contributed by atoms with van der Waals surface area (Å²) in [6, 6.07) is 17.5. The molecule has 2 nitrogen and oxygen atoms in total. The van der Waals surface area contributed by atoms with Gasteiger partial charge in [0, 0.05) is 5.56 Å². The lowest BCUT2D eigenvalue weighted by atomic mass is 9.99. The Kier molecular flexibility index (Phi) is 2.92. The van der Waals surface area contributed by atoms with E-state index in [1.807, 2.05) is 54.6 Å². The van der Waals surface area contributed by atoms with E-state index in [0.717, 1.165) is 11.1 Å². The zero-order valence-electron chi connectivity index (χ0n) is 9.55. The number of rotatable bonds is 2. The standard InChI is InChI=1S/C15H11BrO2/c16-13(10-6-2-1-3-7-10)14-11-8-4-5-9-12(11)15(17)18-14/h1-9,13-14H. The minimum absolute atomic E-state index is 0.0219. The third kappa shape index (κ3) is 1.85. The third-order valence-electron chi connectivity index (χ3n) is 3.11. The second-order valence-corrected chi connectivity index (χ2v) is 5.21. The molecular formula is C15H11BrO2. The van der Waals surface area contributed by atoms with E-state index >= 15 is 0 Å². The van der Waals surface area contributed by atoms with Crippen molar-refractivity contribution < 1.29 is 9.53 Å². The summed E-state index contributed by atoms with van der Waals surface area (Å²) >= 11 is 3.63. The zero-order valence-corrected chi connectivity index (χ0v) is 11.1. The predicted octanol–water partition coefficient (Wildman–Crippen LogP) is 4.03. The summed E-state index contributed by atoms with van der Waals surface area (Å²) < 4.78 is 5.46. The number of hydrogen-bond donors (Lipinski definition) is 0. The fourth-order valence-electron chi connectivity index (χ4n) is 2.20. The zero-order chi connectivity index (χ0) is 12.5. The Morgan fingerprint density at radius 2 is 1.67 bits per heavy atom. The third-order valence-corrected chi connectivity index (χ3v) is 4.11. The number of ether oxygens (including phenoxy) is 1. The van der Waals surface area contributed by atoms with Gasteiger partial charge in [0.25, 0.3) is 0 Å². The molecule has 1 heterocycles. The van der Waals surface area contributed by atoms with Crippen molar-refractivity contribution in [2.24, 2.45) is 0 Å². The Bertz CT molecular complexity index is 580. The number of benzene rings is 2. The van der Waals surface area contributed by atoms with E-state index in [9.17, 15) is 4.79 Å². The summed E-state index contributed by atoms with van der Waals surface area (Å²) in [5.74, 6) is -0.240. The van der Waals surface area contributed by atoms with Crippen molar-refractivity contribution >= 4 is 21.9 Å². The first-order chi connectivity index (χ1) is 8.77. The van der Waals surface area contributed by atoms with Crippen molar-refractivity contribution in [3.63, 3.8) is 0 Å². The van der Waals surface area contributed by atoms with Crippen molar-refractivity contribution in [1.82, 2.24) is 0 Å². The molecule has 0 aliphatic carbocycles. The first-order valence-corrected chi connectivity index (χ1v) is 6.68. The lowest BCUT2D eigenvalue weighted by Crippen LogP contribution is -2.05. The fraction of sp³-hybridized carbons (Fsp3) is 0.133. The summed E-state index contributed by atoms with van der Waals surface area (Å²) in [6.45, 7) is 0. The second kappa shape index (κ2) is 4.58. The largest absolute Gasteiger partial charge is 0.452 e. The summed E-state index contributed by atoms with van der Waals surface area (Å²) in [6.07, 6.45) is -0.254. The second-order valence-electron chi connectivity index (χ2n) is 4.23. The summed E-state index contributed by atoms with van der Waals surface area (Å²) in [4.78, 5) is 11.7. The number of carbonyl (C=O) groups is 1. The molecule has 0 radical (unpaired) electrons. The number of fused-ring (bicyclic) bond motifs is 1. The Labute approximate surface area is 114 Å². The van der Waals surface area contributed by atoms with Crippen LogP contribution < -0.4 is 0 Å². The molecule has 2 unspecified atom stereocenters. The number of cyclic esters (lactones) is 1. The van der Waals surface area contributed by atoms with Crippen LogP contribution in [0, 0.1) is 0 Å². The van der Waals surface area contributed by atoms with Crippen molar-refractivity contribution in [3.8, 4) is 0 Å². The van der Waals surface area contributed by atoms with Gasteiger partial charge in [0.2, 0.25) is 0 Å². The summed E-state index contributed by atoms with van der Waals surface area (Å²) in [5.41, 5.74) is 2.73. The van der Waals surface area contributed by atoms with Crippen LogP contribution in [0.5, 0.6) is 0 Å². The van der Waals surface area contributed by atoms with Crippen molar-refractivity contribution in [3.05, 3.63) is 71.3 Å². The van der Waals surface area contributed by atoms with Crippen LogP contribution in [0.4, 0.5) is 0 Å². The quantitative estimate of drug-likeness (QED) is 0.618. The molecule has 2 aromatic rings. The van der Waals surface area contributed by atoms with Gasteiger partial charge in [-0.1, -0.05) is 64.5 Å². The van der Waals surface area contributed by atoms with Crippen LogP contribution in [-0.4, -0.2) is 5.97 Å². The maximum absolute atomic E-state index is 11.8. The van der Waals surface area contributed by atoms with Crippen LogP contribution in [0.15, 0.2) is 54.6 Å². The average Bonchev–Trinajstić information content (AvgIpc) is 2.77. The Balaban J connectivity index is 1.98. The van der Waals surface area contributed by atoms with E-state index in [1.165, 1.54) is 0 Å². The molecule has 3 heteroatoms. The molecule has 0 saturated carbocycles. The first-order valence-electron chi connectivity index (χ1n) is 5.76. The molecule has 2 aromatic carbocycles. The summed E-state index contributed by atoms with van der Waals surface area (Å²) in [7, 11) is 0. The van der Waals surface area contributed by atoms with Gasteiger partial charge in [0.05, 0.1) is 10.4 Å². The monoisotopic (exact) mass is 302 g/mol. The van der Waals surface area contributed by atoms with Gasteiger partial charge in [-0.25, -0.2) is 4.79 Å². The number of carbonyl (C=O) groups excluding carboxylic acids is 1. The summed E-state index contributed by atoms with van der Waals surface area (Å²) in [5, 5.41) is 0. The van der Waals surface area contributed by atoms with Crippen LogP contribution in [-0.2, 0) is 4.74 Å². The van der Waals surface area contributed by atoms with Gasteiger partial charge in [0.15, 0.2) is 0 Å². The van der Waals surface area contributed by atoms with Crippen molar-refractivity contribution in [2.45, 2.75) is 10.9 Å². The van der Waals surface area contributed by atoms with Crippen molar-refractivity contribution in [1.29, 1.82) is 0 Å². The average molecular weight is 303 g/mol. The normalized spacial score (nSPS) is 19.2. The molecule has 90 valence electrons. The van der Waals surface area contributed by atoms with E-state index in [-0.39, 0.29) is 16.9 Å². The molecule has 0 saturated heterocycles. The minimum Gasteiger partial charge on any atom is -0.452 e. The molecule has 0 aromatic heterocycles. The van der Waals surface area contributed by atoms with E-state index in [1.54, 1.807) is 0 Å². The molecule has 0 amide bonds. The first kappa shape index (κ1) is 11.5. The molecular weight excluding hydrogens is 292 g/mol. The minimum atomic E-state index is -0.254. The number of halogens is 1. The maximum Gasteiger partial charge on any atom is 0.339 e. The highest BCUT2D eigenvalue weighted by Gasteiger charge is 2.35. The van der Waals surface area contributed by atoms with Crippen molar-refractivity contribution in [2.75, 3.05) is 0 Å². The van der Waals surface area contributed by atoms with E-state index < -0.39 is 0 Å². The van der Waals surface area contributed by atoms with Gasteiger partial charge in [-0.2, -0.15) is 0 Å². The number of alkyl halides is 1. The number of hydrogen-bond acceptors (Lipinski definition) is 2. The lowest BCUT2D eigenvalue weighted by molar-refractivity contribution is 0.0384. The highest BCUT2D eigenvalue weighted by molar-refractivity contribution is 9.09. The molecule has 1 aliphatic rings. The molecule has 3 rings (SSSR count). The van der Waals surface area contributed by atoms with Crippen LogP contribution in [0.2, 0.25) is 0 Å². The fourth-order valence-corrected chi connectivity index (χ4v) is 2.90. The van der Waals surface area contributed by atoms with E-state index in [4.69, 9.17) is 4.74 Å². The van der Waals surface area contributed by atoms with Gasteiger partial charge in [0.1, 0.15) is 6.10 Å². The van der Waals surface area contributed by atoms with Gasteiger partial charge >= 0.3 is 5.97 Å². The Morgan fingerprint density at radius 3 is 2.44 bits per heavy atom. The van der Waals surface area contributed by atoms with Gasteiger partial charge < -0.3 is 4.74 Å². The maximum atomic E-state index is 11.8. The Hall–Kier alpha value is -1.61. The van der Waals surface area contributed by atoms with E-state index in [2.05, 4.69) is 15.9 Å². The predicted molar refractivity (Wildman–Crippen MR) is 72.7 cm³/mol. The van der Waals surface area contributed by atoms with E-state index in [0.29, 0.717) is 5.56 Å². The molecule has 0 bridgehead atoms. The molecule has 0 fully saturated rings. The van der Waals surface area contributed by atoms with Crippen LogP contribution in [0.1, 0.15) is 32.4 Å². The molecule has 0 N–H and O–H groups in total. The molecule has 0 spiro atoms. The lowest BCUT2D eigenvalue weighted by Gasteiger charge is -2.17. The highest BCUT2D eigenvalue weighted by atomic mass is 79.9. The SMILES string of the molecule is O=C1OC(C(Br)c2ccccc2)c2ccccc21. The smallest absolute Gasteiger partial charge is 0.339 e. The molecule has 2 atom stereocenters. The highest BCUT2D eigenvalue weighted by Crippen LogP contribution is 2.44.